The second kappa shape index (κ2) is 6.58. The Morgan fingerprint density at radius 3 is 2.32 bits per heavy atom. The van der Waals surface area contributed by atoms with E-state index in [2.05, 4.69) is 26.1 Å². The van der Waals surface area contributed by atoms with Gasteiger partial charge in [-0.05, 0) is 69.2 Å². The average Bonchev–Trinajstić information content (AvgIpc) is 2.41. The van der Waals surface area contributed by atoms with Crippen molar-refractivity contribution in [2.45, 2.75) is 83.8 Å². The monoisotopic (exact) mass is 267 g/mol. The molecule has 0 radical (unpaired) electrons. The molecule has 2 N–H and O–H groups in total. The predicted octanol–water partition coefficient (Wildman–Crippen LogP) is 3.73. The van der Waals surface area contributed by atoms with Crippen molar-refractivity contribution >= 4 is 0 Å². The van der Waals surface area contributed by atoms with Crippen LogP contribution < -0.4 is 5.32 Å². The zero-order chi connectivity index (χ0) is 13.9. The molecule has 0 bridgehead atoms. The van der Waals surface area contributed by atoms with Gasteiger partial charge < -0.3 is 10.4 Å². The second-order valence-electron chi connectivity index (χ2n) is 7.30. The largest absolute Gasteiger partial charge is 0.390 e. The molecule has 2 aliphatic carbocycles. The molecule has 2 saturated carbocycles. The van der Waals surface area contributed by atoms with Gasteiger partial charge in [0.2, 0.25) is 0 Å². The second-order valence-corrected chi connectivity index (χ2v) is 7.30. The van der Waals surface area contributed by atoms with Crippen LogP contribution in [0.1, 0.15) is 72.1 Å². The van der Waals surface area contributed by atoms with E-state index in [0.29, 0.717) is 12.0 Å². The lowest BCUT2D eigenvalue weighted by atomic mass is 9.65. The lowest BCUT2D eigenvalue weighted by Gasteiger charge is -2.46. The van der Waals surface area contributed by atoms with Crippen molar-refractivity contribution in [3.63, 3.8) is 0 Å². The minimum atomic E-state index is -0.348. The molecule has 0 aromatic heterocycles. The van der Waals surface area contributed by atoms with Gasteiger partial charge in [0.25, 0.3) is 0 Å². The smallest absolute Gasteiger partial charge is 0.0677 e. The van der Waals surface area contributed by atoms with Crippen molar-refractivity contribution in [1.82, 2.24) is 5.32 Å². The number of hydrogen-bond donors (Lipinski definition) is 2. The summed E-state index contributed by atoms with van der Waals surface area (Å²) in [6, 6.07) is 0.653. The van der Waals surface area contributed by atoms with Gasteiger partial charge in [0, 0.05) is 6.04 Å². The molecule has 2 heteroatoms. The summed E-state index contributed by atoms with van der Waals surface area (Å²) < 4.78 is 0. The molecule has 2 rings (SSSR count). The van der Waals surface area contributed by atoms with E-state index in [9.17, 15) is 5.11 Å². The van der Waals surface area contributed by atoms with E-state index in [1.165, 1.54) is 25.7 Å². The zero-order valence-corrected chi connectivity index (χ0v) is 13.1. The predicted molar refractivity (Wildman–Crippen MR) is 81.2 cm³/mol. The van der Waals surface area contributed by atoms with Gasteiger partial charge in [-0.15, -0.1) is 0 Å². The van der Waals surface area contributed by atoms with Crippen LogP contribution in [-0.2, 0) is 0 Å². The van der Waals surface area contributed by atoms with Crippen LogP contribution in [-0.4, -0.2) is 23.3 Å². The van der Waals surface area contributed by atoms with Crippen molar-refractivity contribution < 1.29 is 5.11 Å². The Balaban J connectivity index is 1.84. The van der Waals surface area contributed by atoms with E-state index < -0.39 is 0 Å². The van der Waals surface area contributed by atoms with Crippen LogP contribution in [0.15, 0.2) is 0 Å². The number of aliphatic hydroxyl groups is 1. The van der Waals surface area contributed by atoms with Gasteiger partial charge in [0.1, 0.15) is 0 Å². The highest BCUT2D eigenvalue weighted by molar-refractivity contribution is 4.95. The molecule has 19 heavy (non-hydrogen) atoms. The SMILES string of the molecule is CCCNC1CCC(O)(C2CCC(C)C(C)C2)CC1. The quantitative estimate of drug-likeness (QED) is 0.813. The van der Waals surface area contributed by atoms with Crippen LogP contribution in [0.4, 0.5) is 0 Å². The molecule has 0 aromatic carbocycles. The summed E-state index contributed by atoms with van der Waals surface area (Å²) in [5.41, 5.74) is -0.348. The summed E-state index contributed by atoms with van der Waals surface area (Å²) in [4.78, 5) is 0. The fraction of sp³-hybridized carbons (Fsp3) is 1.00. The van der Waals surface area contributed by atoms with Crippen LogP contribution >= 0.6 is 0 Å². The summed E-state index contributed by atoms with van der Waals surface area (Å²) in [7, 11) is 0. The van der Waals surface area contributed by atoms with Crippen molar-refractivity contribution in [3.8, 4) is 0 Å². The maximum absolute atomic E-state index is 11.0. The van der Waals surface area contributed by atoms with Crippen molar-refractivity contribution in [2.75, 3.05) is 6.54 Å². The first-order chi connectivity index (χ1) is 9.05. The molecule has 0 aromatic rings. The van der Waals surface area contributed by atoms with Crippen LogP contribution in [0.5, 0.6) is 0 Å². The molecule has 2 aliphatic rings. The molecule has 112 valence electrons. The Bertz CT molecular complexity index is 270. The van der Waals surface area contributed by atoms with Crippen LogP contribution in [0.3, 0.4) is 0 Å². The van der Waals surface area contributed by atoms with E-state index in [4.69, 9.17) is 0 Å². The first-order valence-electron chi connectivity index (χ1n) is 8.51. The highest BCUT2D eigenvalue weighted by Gasteiger charge is 2.42. The van der Waals surface area contributed by atoms with Gasteiger partial charge in [-0.25, -0.2) is 0 Å². The third-order valence-electron chi connectivity index (χ3n) is 5.89. The first-order valence-corrected chi connectivity index (χ1v) is 8.51. The summed E-state index contributed by atoms with van der Waals surface area (Å²) in [5.74, 6) is 2.20. The Morgan fingerprint density at radius 1 is 1.05 bits per heavy atom. The molecule has 2 fully saturated rings. The Morgan fingerprint density at radius 2 is 1.74 bits per heavy atom. The van der Waals surface area contributed by atoms with Gasteiger partial charge in [-0.1, -0.05) is 27.2 Å². The molecule has 3 unspecified atom stereocenters. The highest BCUT2D eigenvalue weighted by atomic mass is 16.3. The minimum Gasteiger partial charge on any atom is -0.390 e. The standard InChI is InChI=1S/C17H33NO/c1-4-11-18-16-7-9-17(19,10-8-16)15-6-5-13(2)14(3)12-15/h13-16,18-19H,4-12H2,1-3H3. The Labute approximate surface area is 119 Å². The summed E-state index contributed by atoms with van der Waals surface area (Å²) in [6.45, 7) is 8.09. The lowest BCUT2D eigenvalue weighted by molar-refractivity contribution is -0.0769. The van der Waals surface area contributed by atoms with Gasteiger partial charge >= 0.3 is 0 Å². The summed E-state index contributed by atoms with van der Waals surface area (Å²) >= 11 is 0. The number of hydrogen-bond acceptors (Lipinski definition) is 2. The normalized spacial score (nSPS) is 44.2. The summed E-state index contributed by atoms with van der Waals surface area (Å²) in [6.07, 6.45) is 9.36. The molecule has 2 nitrogen and oxygen atoms in total. The van der Waals surface area contributed by atoms with Gasteiger partial charge in [0.05, 0.1) is 5.60 Å². The van der Waals surface area contributed by atoms with Gasteiger partial charge in [-0.2, -0.15) is 0 Å². The number of rotatable bonds is 4. The molecule has 3 atom stereocenters. The topological polar surface area (TPSA) is 32.3 Å². The average molecular weight is 267 g/mol. The van der Waals surface area contributed by atoms with Gasteiger partial charge in [0.15, 0.2) is 0 Å². The van der Waals surface area contributed by atoms with Crippen LogP contribution in [0.25, 0.3) is 0 Å². The minimum absolute atomic E-state index is 0.348. The maximum atomic E-state index is 11.0. The fourth-order valence-electron chi connectivity index (χ4n) is 4.11. The number of nitrogens with one attached hydrogen (secondary N) is 1. The molecule has 0 amide bonds. The van der Waals surface area contributed by atoms with E-state index >= 15 is 0 Å². The third kappa shape index (κ3) is 3.72. The molecular formula is C17H33NO. The maximum Gasteiger partial charge on any atom is 0.0677 e. The molecule has 0 spiro atoms. The van der Waals surface area contributed by atoms with Gasteiger partial charge in [-0.3, -0.25) is 0 Å². The fourth-order valence-corrected chi connectivity index (χ4v) is 4.11. The van der Waals surface area contributed by atoms with E-state index in [0.717, 1.165) is 44.1 Å². The van der Waals surface area contributed by atoms with Crippen molar-refractivity contribution in [2.24, 2.45) is 17.8 Å². The molecular weight excluding hydrogens is 234 g/mol. The summed E-state index contributed by atoms with van der Waals surface area (Å²) in [5, 5.41) is 14.6. The lowest BCUT2D eigenvalue weighted by Crippen LogP contribution is -2.47. The Hall–Kier alpha value is -0.0800. The van der Waals surface area contributed by atoms with E-state index in [-0.39, 0.29) is 5.60 Å². The molecule has 0 heterocycles. The highest BCUT2D eigenvalue weighted by Crippen LogP contribution is 2.44. The van der Waals surface area contributed by atoms with E-state index in [1.54, 1.807) is 0 Å². The van der Waals surface area contributed by atoms with Crippen LogP contribution in [0, 0.1) is 17.8 Å². The van der Waals surface area contributed by atoms with Crippen LogP contribution in [0.2, 0.25) is 0 Å². The molecule has 0 saturated heterocycles. The van der Waals surface area contributed by atoms with Crippen molar-refractivity contribution in [1.29, 1.82) is 0 Å². The van der Waals surface area contributed by atoms with Crippen molar-refractivity contribution in [3.05, 3.63) is 0 Å². The Kier molecular flexibility index (Phi) is 5.30. The van der Waals surface area contributed by atoms with E-state index in [1.807, 2.05) is 0 Å². The third-order valence-corrected chi connectivity index (χ3v) is 5.89. The zero-order valence-electron chi connectivity index (χ0n) is 13.1. The first kappa shape index (κ1) is 15.3. The molecule has 0 aliphatic heterocycles.